The van der Waals surface area contributed by atoms with E-state index < -0.39 is 0 Å². The second kappa shape index (κ2) is 3.89. The topological polar surface area (TPSA) is 46.3 Å². The van der Waals surface area contributed by atoms with Crippen LogP contribution in [-0.4, -0.2) is 29.4 Å². The van der Waals surface area contributed by atoms with E-state index in [4.69, 9.17) is 5.73 Å². The maximum Gasteiger partial charge on any atom is 0.222 e. The van der Waals surface area contributed by atoms with E-state index >= 15 is 0 Å². The van der Waals surface area contributed by atoms with Crippen molar-refractivity contribution in [3.05, 3.63) is 0 Å². The molecule has 80 valence electrons. The van der Waals surface area contributed by atoms with Gasteiger partial charge in [0.15, 0.2) is 0 Å². The zero-order chi connectivity index (χ0) is 10.1. The Morgan fingerprint density at radius 3 is 2.36 bits per heavy atom. The average molecular weight is 196 g/mol. The van der Waals surface area contributed by atoms with Crippen LogP contribution in [0.25, 0.3) is 0 Å². The lowest BCUT2D eigenvalue weighted by Gasteiger charge is -2.38. The average Bonchev–Trinajstić information content (AvgIpc) is 2.48. The molecule has 0 radical (unpaired) electrons. The van der Waals surface area contributed by atoms with Crippen molar-refractivity contribution in [2.75, 3.05) is 6.54 Å². The van der Waals surface area contributed by atoms with Gasteiger partial charge in [-0.15, -0.1) is 0 Å². The molecule has 2 unspecified atom stereocenters. The molecule has 2 saturated heterocycles. The molecule has 0 spiro atoms. The number of carbonyl (C=O) groups is 1. The Morgan fingerprint density at radius 1 is 1.36 bits per heavy atom. The zero-order valence-electron chi connectivity index (χ0n) is 8.91. The van der Waals surface area contributed by atoms with Crippen LogP contribution in [0.5, 0.6) is 0 Å². The first kappa shape index (κ1) is 9.97. The molecule has 2 atom stereocenters. The number of hydrogen-bond donors (Lipinski definition) is 1. The standard InChI is InChI=1S/C11H20N2O/c1-2-11(14)13-9-3-4-10(13)6-8(5-9)7-12/h8-10H,2-7,12H2,1H3. The van der Waals surface area contributed by atoms with Gasteiger partial charge in [-0.3, -0.25) is 4.79 Å². The molecule has 0 aliphatic carbocycles. The predicted molar refractivity (Wildman–Crippen MR) is 55.7 cm³/mol. The Balaban J connectivity index is 2.06. The van der Waals surface area contributed by atoms with Crippen molar-refractivity contribution >= 4 is 5.91 Å². The van der Waals surface area contributed by atoms with E-state index in [1.807, 2.05) is 6.92 Å². The van der Waals surface area contributed by atoms with Crippen LogP contribution in [0.3, 0.4) is 0 Å². The lowest BCUT2D eigenvalue weighted by molar-refractivity contribution is -0.135. The molecule has 0 saturated carbocycles. The van der Waals surface area contributed by atoms with Gasteiger partial charge in [0.2, 0.25) is 5.91 Å². The van der Waals surface area contributed by atoms with E-state index in [9.17, 15) is 4.79 Å². The van der Waals surface area contributed by atoms with Crippen LogP contribution >= 0.6 is 0 Å². The van der Waals surface area contributed by atoms with Crippen LogP contribution in [0.15, 0.2) is 0 Å². The van der Waals surface area contributed by atoms with E-state index in [0.29, 0.717) is 30.3 Å². The van der Waals surface area contributed by atoms with Crippen molar-refractivity contribution in [1.29, 1.82) is 0 Å². The molecule has 0 aromatic carbocycles. The van der Waals surface area contributed by atoms with Crippen molar-refractivity contribution < 1.29 is 4.79 Å². The second-order valence-electron chi connectivity index (χ2n) is 4.61. The van der Waals surface area contributed by atoms with Crippen LogP contribution in [0.1, 0.15) is 39.0 Å². The third-order valence-electron chi connectivity index (χ3n) is 3.75. The van der Waals surface area contributed by atoms with Gasteiger partial charge in [0, 0.05) is 18.5 Å². The zero-order valence-corrected chi connectivity index (χ0v) is 8.91. The summed E-state index contributed by atoms with van der Waals surface area (Å²) in [6.07, 6.45) is 5.33. The fourth-order valence-corrected chi connectivity index (χ4v) is 3.07. The summed E-state index contributed by atoms with van der Waals surface area (Å²) >= 11 is 0. The normalized spacial score (nSPS) is 36.1. The lowest BCUT2D eigenvalue weighted by Crippen LogP contribution is -2.47. The number of piperidine rings is 1. The monoisotopic (exact) mass is 196 g/mol. The molecule has 3 nitrogen and oxygen atoms in total. The van der Waals surface area contributed by atoms with Gasteiger partial charge >= 0.3 is 0 Å². The van der Waals surface area contributed by atoms with Crippen molar-refractivity contribution in [3.63, 3.8) is 0 Å². The van der Waals surface area contributed by atoms with Gasteiger partial charge in [0.25, 0.3) is 0 Å². The maximum atomic E-state index is 11.7. The summed E-state index contributed by atoms with van der Waals surface area (Å²) < 4.78 is 0. The summed E-state index contributed by atoms with van der Waals surface area (Å²) in [6.45, 7) is 2.75. The van der Waals surface area contributed by atoms with Gasteiger partial charge in [0.1, 0.15) is 0 Å². The largest absolute Gasteiger partial charge is 0.337 e. The molecule has 2 N–H and O–H groups in total. The maximum absolute atomic E-state index is 11.7. The highest BCUT2D eigenvalue weighted by Crippen LogP contribution is 2.38. The first-order valence-corrected chi connectivity index (χ1v) is 5.77. The number of nitrogens with zero attached hydrogens (tertiary/aromatic N) is 1. The summed E-state index contributed by atoms with van der Waals surface area (Å²) in [5.74, 6) is 1.00. The van der Waals surface area contributed by atoms with Gasteiger partial charge in [0.05, 0.1) is 0 Å². The van der Waals surface area contributed by atoms with E-state index in [-0.39, 0.29) is 0 Å². The van der Waals surface area contributed by atoms with Gasteiger partial charge in [-0.25, -0.2) is 0 Å². The first-order chi connectivity index (χ1) is 6.76. The Kier molecular flexibility index (Phi) is 2.77. The molecule has 2 rings (SSSR count). The lowest BCUT2D eigenvalue weighted by atomic mass is 9.90. The van der Waals surface area contributed by atoms with Gasteiger partial charge < -0.3 is 10.6 Å². The molecule has 3 heteroatoms. The third-order valence-corrected chi connectivity index (χ3v) is 3.75. The smallest absolute Gasteiger partial charge is 0.222 e. The molecule has 2 aliphatic rings. The quantitative estimate of drug-likeness (QED) is 0.719. The van der Waals surface area contributed by atoms with Crippen molar-refractivity contribution in [2.45, 2.75) is 51.1 Å². The Hall–Kier alpha value is -0.570. The van der Waals surface area contributed by atoms with E-state index in [2.05, 4.69) is 4.90 Å². The fourth-order valence-electron chi connectivity index (χ4n) is 3.07. The molecule has 0 aromatic rings. The summed E-state index contributed by atoms with van der Waals surface area (Å²) in [4.78, 5) is 13.9. The minimum Gasteiger partial charge on any atom is -0.337 e. The Morgan fingerprint density at radius 2 is 1.93 bits per heavy atom. The molecule has 0 aromatic heterocycles. The van der Waals surface area contributed by atoms with Crippen molar-refractivity contribution in [2.24, 2.45) is 11.7 Å². The first-order valence-electron chi connectivity index (χ1n) is 5.77. The Labute approximate surface area is 85.6 Å². The highest BCUT2D eigenvalue weighted by Gasteiger charge is 2.41. The molecule has 2 aliphatic heterocycles. The fraction of sp³-hybridized carbons (Fsp3) is 0.909. The molecule has 2 bridgehead atoms. The number of nitrogens with two attached hydrogens (primary N) is 1. The SMILES string of the molecule is CCC(=O)N1C2CCC1CC(CN)C2. The van der Waals surface area contributed by atoms with Crippen LogP contribution in [0, 0.1) is 5.92 Å². The minimum atomic E-state index is 0.341. The van der Waals surface area contributed by atoms with Crippen LogP contribution in [0.2, 0.25) is 0 Å². The number of hydrogen-bond acceptors (Lipinski definition) is 2. The molecule has 2 heterocycles. The van der Waals surface area contributed by atoms with Crippen LogP contribution in [-0.2, 0) is 4.79 Å². The van der Waals surface area contributed by atoms with Gasteiger partial charge in [-0.05, 0) is 38.1 Å². The summed E-state index contributed by atoms with van der Waals surface area (Å²) in [5, 5.41) is 0. The predicted octanol–water partition coefficient (Wildman–Crippen LogP) is 1.12. The molecular formula is C11H20N2O. The van der Waals surface area contributed by atoms with E-state index in [0.717, 1.165) is 19.4 Å². The second-order valence-corrected chi connectivity index (χ2v) is 4.61. The summed E-state index contributed by atoms with van der Waals surface area (Å²) in [7, 11) is 0. The summed E-state index contributed by atoms with van der Waals surface area (Å²) in [6, 6.07) is 1.02. The molecular weight excluding hydrogens is 176 g/mol. The van der Waals surface area contributed by atoms with Crippen LogP contribution in [0.4, 0.5) is 0 Å². The number of carbonyl (C=O) groups excluding carboxylic acids is 1. The number of rotatable bonds is 2. The Bertz CT molecular complexity index is 215. The molecule has 1 amide bonds. The van der Waals surface area contributed by atoms with Crippen molar-refractivity contribution in [1.82, 2.24) is 4.90 Å². The van der Waals surface area contributed by atoms with E-state index in [1.165, 1.54) is 12.8 Å². The highest BCUT2D eigenvalue weighted by molar-refractivity contribution is 5.77. The highest BCUT2D eigenvalue weighted by atomic mass is 16.2. The summed E-state index contributed by atoms with van der Waals surface area (Å²) in [5.41, 5.74) is 5.71. The molecule has 14 heavy (non-hydrogen) atoms. The minimum absolute atomic E-state index is 0.341. The van der Waals surface area contributed by atoms with Crippen molar-refractivity contribution in [3.8, 4) is 0 Å². The molecule has 2 fully saturated rings. The number of amides is 1. The van der Waals surface area contributed by atoms with Gasteiger partial charge in [-0.2, -0.15) is 0 Å². The third kappa shape index (κ3) is 1.54. The van der Waals surface area contributed by atoms with Crippen LogP contribution < -0.4 is 5.73 Å². The number of fused-ring (bicyclic) bond motifs is 2. The van der Waals surface area contributed by atoms with Gasteiger partial charge in [-0.1, -0.05) is 6.92 Å². The van der Waals surface area contributed by atoms with E-state index in [1.54, 1.807) is 0 Å².